The summed E-state index contributed by atoms with van der Waals surface area (Å²) in [5, 5.41) is 2.49. The molecule has 0 amide bonds. The number of halogens is 2. The molecule has 0 spiro atoms. The van der Waals surface area contributed by atoms with Gasteiger partial charge < -0.3 is 9.64 Å². The number of hydrogen-bond acceptors (Lipinski definition) is 8. The molecule has 4 rings (SSSR count). The van der Waals surface area contributed by atoms with Crippen LogP contribution in [-0.4, -0.2) is 55.3 Å². The molecule has 32 heavy (non-hydrogen) atoms. The van der Waals surface area contributed by atoms with Gasteiger partial charge in [-0.05, 0) is 37.0 Å². The number of aliphatic imine (C=N–C) groups is 1. The van der Waals surface area contributed by atoms with E-state index in [9.17, 15) is 17.6 Å². The van der Waals surface area contributed by atoms with Gasteiger partial charge in [0.2, 0.25) is 0 Å². The van der Waals surface area contributed by atoms with Gasteiger partial charge in [0.05, 0.1) is 17.9 Å². The number of fused-ring (bicyclic) bond motifs is 1. The first-order valence-electron chi connectivity index (χ1n) is 9.96. The van der Waals surface area contributed by atoms with E-state index in [-0.39, 0.29) is 18.3 Å². The van der Waals surface area contributed by atoms with Crippen LogP contribution >= 0.6 is 27.3 Å². The number of sulfone groups is 1. The average molecular weight is 542 g/mol. The minimum Gasteiger partial charge on any atom is -0.463 e. The van der Waals surface area contributed by atoms with E-state index in [1.807, 2.05) is 10.3 Å². The van der Waals surface area contributed by atoms with E-state index in [1.165, 1.54) is 29.7 Å². The molecule has 0 radical (unpaired) electrons. The highest BCUT2D eigenvalue weighted by atomic mass is 79.9. The molecule has 0 N–H and O–H groups in total. The Kier molecular flexibility index (Phi) is 6.51. The van der Waals surface area contributed by atoms with E-state index in [4.69, 9.17) is 9.73 Å². The number of ether oxygens (including phenoxy) is 1. The van der Waals surface area contributed by atoms with Crippen LogP contribution in [0, 0.1) is 11.7 Å². The first-order chi connectivity index (χ1) is 15.2. The van der Waals surface area contributed by atoms with Gasteiger partial charge in [-0.1, -0.05) is 22.0 Å². The highest BCUT2D eigenvalue weighted by Crippen LogP contribution is 2.44. The monoisotopic (exact) mass is 541 g/mol. The van der Waals surface area contributed by atoms with E-state index < -0.39 is 27.7 Å². The third kappa shape index (κ3) is 4.65. The molecule has 0 bridgehead atoms. The van der Waals surface area contributed by atoms with Crippen molar-refractivity contribution in [2.75, 3.05) is 25.2 Å². The van der Waals surface area contributed by atoms with Crippen molar-refractivity contribution in [2.45, 2.75) is 19.4 Å². The van der Waals surface area contributed by atoms with Gasteiger partial charge in [-0.2, -0.15) is 0 Å². The van der Waals surface area contributed by atoms with Gasteiger partial charge in [0.25, 0.3) is 0 Å². The zero-order chi connectivity index (χ0) is 23.0. The minimum atomic E-state index is -3.21. The predicted octanol–water partition coefficient (Wildman–Crippen LogP) is 3.73. The fourth-order valence-electron chi connectivity index (χ4n) is 4.13. The van der Waals surface area contributed by atoms with Crippen molar-refractivity contribution in [2.24, 2.45) is 10.9 Å². The molecule has 2 aromatic rings. The Hall–Kier alpha value is -2.11. The van der Waals surface area contributed by atoms with Gasteiger partial charge in [0.1, 0.15) is 21.7 Å². The van der Waals surface area contributed by atoms with E-state index >= 15 is 0 Å². The molecule has 2 atom stereocenters. The van der Waals surface area contributed by atoms with Gasteiger partial charge in [0, 0.05) is 34.5 Å². The van der Waals surface area contributed by atoms with Crippen molar-refractivity contribution in [3.63, 3.8) is 0 Å². The smallest absolute Gasteiger partial charge is 0.338 e. The van der Waals surface area contributed by atoms with Gasteiger partial charge in [-0.3, -0.25) is 4.99 Å². The highest BCUT2D eigenvalue weighted by Gasteiger charge is 2.43. The minimum absolute atomic E-state index is 0.000830. The van der Waals surface area contributed by atoms with Crippen LogP contribution in [0.2, 0.25) is 0 Å². The second kappa shape index (κ2) is 9.03. The predicted molar refractivity (Wildman–Crippen MR) is 124 cm³/mol. The summed E-state index contributed by atoms with van der Waals surface area (Å²) >= 11 is 4.81. The number of allylic oxidation sites excluding steroid dienone is 1. The molecule has 1 fully saturated rings. The van der Waals surface area contributed by atoms with Crippen molar-refractivity contribution >= 4 is 48.9 Å². The lowest BCUT2D eigenvalue weighted by Crippen LogP contribution is -2.36. The van der Waals surface area contributed by atoms with Crippen molar-refractivity contribution in [3.8, 4) is 0 Å². The van der Waals surface area contributed by atoms with Gasteiger partial charge in [-0.25, -0.2) is 22.6 Å². The lowest BCUT2D eigenvalue weighted by atomic mass is 9.94. The molecule has 0 unspecified atom stereocenters. The molecule has 1 saturated heterocycles. The first kappa shape index (κ1) is 23.1. The first-order valence-corrected chi connectivity index (χ1v) is 13.7. The Bertz CT molecular complexity index is 1210. The molecule has 1 aromatic carbocycles. The molecule has 3 heterocycles. The normalized spacial score (nSPS) is 20.9. The van der Waals surface area contributed by atoms with Gasteiger partial charge >= 0.3 is 5.97 Å². The van der Waals surface area contributed by atoms with E-state index in [0.29, 0.717) is 45.1 Å². The number of aromatic nitrogens is 1. The van der Waals surface area contributed by atoms with Crippen molar-refractivity contribution in [1.29, 1.82) is 0 Å². The number of carbonyl (C=O) groups is 1. The zero-order valence-electron chi connectivity index (χ0n) is 17.4. The summed E-state index contributed by atoms with van der Waals surface area (Å²) in [4.78, 5) is 24.2. The van der Waals surface area contributed by atoms with Crippen LogP contribution in [0.1, 0.15) is 30.0 Å². The number of nitrogens with zero attached hydrogens (tertiary/aromatic N) is 3. The lowest BCUT2D eigenvalue weighted by molar-refractivity contribution is -0.139. The third-order valence-corrected chi connectivity index (χ3v) is 7.79. The average Bonchev–Trinajstić information content (AvgIpc) is 3.35. The maximum absolute atomic E-state index is 13.8. The SMILES string of the molecule is CCOC(=O)C1=C2C[C@@H](CS(C)(=O)=O)CN2C(c2nccs2)=N[C@H]1c1ccc(F)cc1Br. The maximum atomic E-state index is 13.8. The summed E-state index contributed by atoms with van der Waals surface area (Å²) in [6.45, 7) is 2.31. The van der Waals surface area contributed by atoms with Crippen molar-refractivity contribution in [1.82, 2.24) is 9.88 Å². The quantitative estimate of drug-likeness (QED) is 0.517. The fraction of sp³-hybridized carbons (Fsp3) is 0.381. The second-order valence-corrected chi connectivity index (χ2v) is 11.6. The molecule has 11 heteroatoms. The molecule has 0 aliphatic carbocycles. The van der Waals surface area contributed by atoms with Crippen molar-refractivity contribution in [3.05, 3.63) is 61.9 Å². The topological polar surface area (TPSA) is 88.9 Å². The number of rotatable bonds is 6. The Balaban J connectivity index is 1.89. The number of thiazole rings is 1. The van der Waals surface area contributed by atoms with Gasteiger partial charge in [0.15, 0.2) is 10.8 Å². The highest BCUT2D eigenvalue weighted by molar-refractivity contribution is 9.10. The summed E-state index contributed by atoms with van der Waals surface area (Å²) in [6.07, 6.45) is 3.26. The summed E-state index contributed by atoms with van der Waals surface area (Å²) in [5.74, 6) is -0.568. The van der Waals surface area contributed by atoms with E-state index in [0.717, 1.165) is 0 Å². The molecular formula is C21H21BrFN3O4S2. The summed E-state index contributed by atoms with van der Waals surface area (Å²) in [5.41, 5.74) is 1.64. The fourth-order valence-corrected chi connectivity index (χ4v) is 6.42. The van der Waals surface area contributed by atoms with Gasteiger partial charge in [-0.15, -0.1) is 11.3 Å². The van der Waals surface area contributed by atoms with Crippen LogP contribution in [0.3, 0.4) is 0 Å². The molecule has 0 saturated carbocycles. The number of amidine groups is 1. The number of esters is 1. The van der Waals surface area contributed by atoms with E-state index in [2.05, 4.69) is 20.9 Å². The summed E-state index contributed by atoms with van der Waals surface area (Å²) in [6, 6.07) is 3.49. The Morgan fingerprint density at radius 1 is 1.41 bits per heavy atom. The van der Waals surface area contributed by atoms with Crippen molar-refractivity contribution < 1.29 is 22.3 Å². The summed E-state index contributed by atoms with van der Waals surface area (Å²) < 4.78 is 43.6. The van der Waals surface area contributed by atoms with Crippen LogP contribution in [0.15, 0.2) is 50.5 Å². The molecule has 2 aliphatic rings. The van der Waals surface area contributed by atoms with Crippen LogP contribution in [0.25, 0.3) is 0 Å². The molecule has 7 nitrogen and oxygen atoms in total. The molecule has 2 aliphatic heterocycles. The Morgan fingerprint density at radius 2 is 2.19 bits per heavy atom. The lowest BCUT2D eigenvalue weighted by Gasteiger charge is -2.32. The largest absolute Gasteiger partial charge is 0.463 e. The zero-order valence-corrected chi connectivity index (χ0v) is 20.6. The number of hydrogen-bond donors (Lipinski definition) is 0. The Morgan fingerprint density at radius 3 is 2.81 bits per heavy atom. The second-order valence-electron chi connectivity index (χ2n) is 7.71. The molecule has 1 aromatic heterocycles. The molecule has 170 valence electrons. The summed E-state index contributed by atoms with van der Waals surface area (Å²) in [7, 11) is -3.21. The Labute approximate surface area is 198 Å². The molecular weight excluding hydrogens is 521 g/mol. The number of benzene rings is 1. The van der Waals surface area contributed by atoms with Crippen LogP contribution in [-0.2, 0) is 19.4 Å². The van der Waals surface area contributed by atoms with E-state index in [1.54, 1.807) is 19.2 Å². The maximum Gasteiger partial charge on any atom is 0.338 e. The third-order valence-electron chi connectivity index (χ3n) is 5.25. The van der Waals surface area contributed by atoms with Crippen LogP contribution < -0.4 is 0 Å². The van der Waals surface area contributed by atoms with Crippen LogP contribution in [0.4, 0.5) is 4.39 Å². The standard InChI is InChI=1S/C21H21BrFN3O4S2/c1-3-30-21(27)17-16-8-12(11-32(2,28)29)10-26(16)19(20-24-6-7-31-20)25-18(17)14-5-4-13(23)9-15(14)22/h4-7,9,12,18H,3,8,10-11H2,1-2H3/t12-,18+/m1/s1. The number of carbonyl (C=O) groups excluding carboxylic acids is 1. The van der Waals surface area contributed by atoms with Crippen LogP contribution in [0.5, 0.6) is 0 Å².